The third kappa shape index (κ3) is 10.9. The molecule has 0 fully saturated rings. The van der Waals surface area contributed by atoms with Gasteiger partial charge in [0.15, 0.2) is 0 Å². The summed E-state index contributed by atoms with van der Waals surface area (Å²) in [6.45, 7) is 1.95. The van der Waals surface area contributed by atoms with Gasteiger partial charge in [-0.15, -0.1) is 0 Å². The van der Waals surface area contributed by atoms with Crippen molar-refractivity contribution >= 4 is 238 Å². The molecule has 0 unspecified atom stereocenters. The predicted octanol–water partition coefficient (Wildman–Crippen LogP) is 22.9. The zero-order chi connectivity index (χ0) is 88.4. The van der Waals surface area contributed by atoms with Gasteiger partial charge < -0.3 is 48.0 Å². The van der Waals surface area contributed by atoms with Gasteiger partial charge in [-0.25, -0.2) is 0 Å². The topological polar surface area (TPSA) is 47.8 Å². The summed E-state index contributed by atoms with van der Waals surface area (Å²) in [7, 11) is 0. The van der Waals surface area contributed by atoms with Crippen LogP contribution in [0.1, 0.15) is 5.56 Å². The lowest BCUT2D eigenvalue weighted by molar-refractivity contribution is 0.459. The van der Waals surface area contributed by atoms with Crippen LogP contribution in [0.2, 0.25) is 0 Å². The summed E-state index contributed by atoms with van der Waals surface area (Å²) >= 11 is 0. The lowest BCUT2D eigenvalue weighted by Crippen LogP contribution is -2.65. The van der Waals surface area contributed by atoms with Crippen molar-refractivity contribution in [2.75, 3.05) is 29.4 Å². The average Bonchev–Trinajstić information content (AvgIpc) is 1.41. The van der Waals surface area contributed by atoms with E-state index in [4.69, 9.17) is 9.47 Å². The highest BCUT2D eigenvalue weighted by molar-refractivity contribution is 7.04. The van der Waals surface area contributed by atoms with Crippen molar-refractivity contribution in [3.05, 3.63) is 461 Å². The molecular weight excluding hydrogens is 1640 g/mol. The minimum absolute atomic E-state index is 0.0296. The van der Waals surface area contributed by atoms with Crippen molar-refractivity contribution in [2.45, 2.75) is 6.92 Å². The fraction of sp³-hybridized carbons (Fsp3) is 0.00826. The van der Waals surface area contributed by atoms with Crippen LogP contribution < -0.4 is 104 Å². The van der Waals surface area contributed by atoms with Crippen molar-refractivity contribution in [2.24, 2.45) is 0 Å². The van der Waals surface area contributed by atoms with Crippen LogP contribution in [0.25, 0.3) is 55.0 Å². The Bertz CT molecular complexity index is 8140. The van der Waals surface area contributed by atoms with Crippen molar-refractivity contribution in [3.8, 4) is 34.4 Å². The van der Waals surface area contributed by atoms with E-state index in [0.29, 0.717) is 0 Å². The molecule has 8 aliphatic heterocycles. The summed E-state index contributed by atoms with van der Waals surface area (Å²) in [5.74, 6) is 3.67. The van der Waals surface area contributed by atoms with Crippen molar-refractivity contribution in [1.82, 2.24) is 9.13 Å². The standard InChI is InChI=1S/C78H54B2N6.C43H24B2N2O2/c1-9-29-55(30-10-1)81(56-31-11-2-12-32-56)63-49-73-77-75(51-63)85(61-41-21-7-22-42-61)71-54-72-68(53-67(71)79(77)65-45-25-27-47-69(65)83(73)59-37-17-5-18-38-59)80-66-46-26-28-48-70(66)84(60-39-19-6-20-40-60)74-50-64(52-76(78(74)80)86(72)62-43-23-8-24-44-62)82(57-33-13-3-14-34-57)58-35-15-4-16-36-58;1-23-42-30(44-28-14-6-12-26-24-10-2-4-16-32(24)46(40(26)28)34-18-8-20-36(48-42)38(34)44)22-31-43(23)49-37-21-9-19-35-39(37)45(31)29-15-7-13-27-25-11-3-5-17-33(25)47(35)41(27)29/h1-54H;2-22H,1H3. The van der Waals surface area contributed by atoms with E-state index in [0.717, 1.165) is 131 Å². The summed E-state index contributed by atoms with van der Waals surface area (Å²) < 4.78 is 18.9. The molecule has 0 N–H and O–H groups in total. The Kier molecular flexibility index (Phi) is 16.4. The Morgan fingerprint density at radius 3 is 0.852 bits per heavy atom. The van der Waals surface area contributed by atoms with Crippen LogP contribution in [0.3, 0.4) is 0 Å². The molecule has 30 rings (SSSR count). The highest BCUT2D eigenvalue weighted by Gasteiger charge is 2.51. The first-order chi connectivity index (χ1) is 67.0. The molecule has 22 aromatic rings. The van der Waals surface area contributed by atoms with Gasteiger partial charge >= 0.3 is 0 Å². The van der Waals surface area contributed by atoms with Crippen LogP contribution >= 0.6 is 0 Å². The van der Waals surface area contributed by atoms with Crippen LogP contribution in [0, 0.1) is 6.92 Å². The maximum Gasteiger partial charge on any atom is 0.256 e. The first-order valence-electron chi connectivity index (χ1n) is 46.8. The summed E-state index contributed by atoms with van der Waals surface area (Å²) in [6.07, 6.45) is 0. The Balaban J connectivity index is 0.000000152. The van der Waals surface area contributed by atoms with Gasteiger partial charge in [0, 0.05) is 141 Å². The molecule has 8 aliphatic rings. The second-order valence-electron chi connectivity index (χ2n) is 36.4. The number of anilines is 18. The maximum atomic E-state index is 6.97. The molecule has 20 aromatic carbocycles. The number of para-hydroxylation sites is 14. The normalized spacial score (nSPS) is 13.4. The zero-order valence-corrected chi connectivity index (χ0v) is 73.5. The molecule has 0 saturated heterocycles. The summed E-state index contributed by atoms with van der Waals surface area (Å²) in [5.41, 5.74) is 43.5. The minimum atomic E-state index is -0.147. The molecule has 2 aromatic heterocycles. The third-order valence-electron chi connectivity index (χ3n) is 29.5. The van der Waals surface area contributed by atoms with Crippen LogP contribution in [0.5, 0.6) is 23.0 Å². The molecule has 0 spiro atoms. The molecule has 626 valence electrons. The predicted molar refractivity (Wildman–Crippen MR) is 566 cm³/mol. The lowest BCUT2D eigenvalue weighted by atomic mass is 9.30. The molecular formula is C121H78B4N8O2. The number of benzene rings is 20. The molecule has 0 atom stereocenters. The van der Waals surface area contributed by atoms with E-state index in [1.807, 2.05) is 0 Å². The highest BCUT2D eigenvalue weighted by Crippen LogP contribution is 2.54. The van der Waals surface area contributed by atoms with Gasteiger partial charge in [0.05, 0.1) is 22.4 Å². The first kappa shape index (κ1) is 75.5. The molecule has 135 heavy (non-hydrogen) atoms. The molecule has 0 amide bonds. The van der Waals surface area contributed by atoms with E-state index >= 15 is 0 Å². The number of rotatable bonds is 10. The van der Waals surface area contributed by atoms with Crippen LogP contribution in [0.4, 0.5) is 102 Å². The van der Waals surface area contributed by atoms with Gasteiger partial charge in [-0.1, -0.05) is 279 Å². The Morgan fingerprint density at radius 2 is 0.481 bits per heavy atom. The molecule has 0 saturated carbocycles. The second-order valence-corrected chi connectivity index (χ2v) is 36.4. The molecule has 10 nitrogen and oxygen atoms in total. The third-order valence-corrected chi connectivity index (χ3v) is 29.5. The minimum Gasteiger partial charge on any atom is -0.458 e. The van der Waals surface area contributed by atoms with E-state index in [2.05, 4.69) is 500 Å². The van der Waals surface area contributed by atoms with Crippen LogP contribution in [-0.2, 0) is 0 Å². The summed E-state index contributed by atoms with van der Waals surface area (Å²) in [4.78, 5) is 15.0. The fourth-order valence-corrected chi connectivity index (χ4v) is 24.2. The largest absolute Gasteiger partial charge is 0.458 e. The average molecular weight is 1720 g/mol. The Labute approximate surface area is 782 Å². The van der Waals surface area contributed by atoms with Gasteiger partial charge in [0.1, 0.15) is 23.0 Å². The van der Waals surface area contributed by atoms with Crippen molar-refractivity contribution in [3.63, 3.8) is 0 Å². The number of aromatic nitrogens is 2. The van der Waals surface area contributed by atoms with Gasteiger partial charge in [-0.2, -0.15) is 0 Å². The number of ether oxygens (including phenoxy) is 2. The first-order valence-corrected chi connectivity index (χ1v) is 46.8. The van der Waals surface area contributed by atoms with Gasteiger partial charge in [0.2, 0.25) is 0 Å². The van der Waals surface area contributed by atoms with Crippen LogP contribution in [-0.4, -0.2) is 36.0 Å². The van der Waals surface area contributed by atoms with Crippen molar-refractivity contribution < 1.29 is 9.47 Å². The second kappa shape index (κ2) is 29.3. The number of nitrogens with zero attached hydrogens (tertiary/aromatic N) is 8. The molecule has 0 aliphatic carbocycles. The molecule has 10 heterocycles. The number of fused-ring (bicyclic) bond motifs is 22. The zero-order valence-electron chi connectivity index (χ0n) is 73.5. The molecule has 0 radical (unpaired) electrons. The van der Waals surface area contributed by atoms with Gasteiger partial charge in [-0.05, 0) is 248 Å². The Morgan fingerprint density at radius 1 is 0.200 bits per heavy atom. The van der Waals surface area contributed by atoms with E-state index in [1.54, 1.807) is 0 Å². The molecule has 0 bridgehead atoms. The highest BCUT2D eigenvalue weighted by atomic mass is 16.5. The van der Waals surface area contributed by atoms with E-state index in [1.165, 1.54) is 121 Å². The van der Waals surface area contributed by atoms with E-state index in [-0.39, 0.29) is 26.9 Å². The van der Waals surface area contributed by atoms with Gasteiger partial charge in [0.25, 0.3) is 26.9 Å². The summed E-state index contributed by atoms with van der Waals surface area (Å²) in [6, 6.07) is 167. The number of hydrogen-bond acceptors (Lipinski definition) is 8. The molecule has 14 heteroatoms. The van der Waals surface area contributed by atoms with E-state index in [9.17, 15) is 0 Å². The lowest BCUT2D eigenvalue weighted by Gasteiger charge is -2.47. The van der Waals surface area contributed by atoms with Gasteiger partial charge in [-0.3, -0.25) is 0 Å². The van der Waals surface area contributed by atoms with E-state index < -0.39 is 0 Å². The van der Waals surface area contributed by atoms with Crippen LogP contribution in [0.15, 0.2) is 455 Å². The maximum absolute atomic E-state index is 6.97. The SMILES string of the molecule is Cc1c2c(cc3c1Oc1cccc4c1B3c1cccc3c5ccccc5n-4c13)B1c3c(cccc3-n3c4ccccc4c4cccc1c43)O2.c1ccc(N(c2ccccc2)c2cc3c4c(c2)N(c2ccccc2)c2cc5c(cc2B4c2ccccc2N3c2ccccc2)B2c3ccccc3N(c3ccccc3)c3cc(N(c4ccccc4)c4ccccc4)cc(c32)N5c2ccccc2)cc1. The quantitative estimate of drug-likeness (QED) is 0.126. The summed E-state index contributed by atoms with van der Waals surface area (Å²) in [5, 5.41) is 5.14. The Hall–Kier alpha value is -17.3. The monoisotopic (exact) mass is 1720 g/mol. The number of hydrogen-bond donors (Lipinski definition) is 0. The smallest absolute Gasteiger partial charge is 0.256 e. The van der Waals surface area contributed by atoms with Crippen molar-refractivity contribution in [1.29, 1.82) is 0 Å². The fourth-order valence-electron chi connectivity index (χ4n) is 24.2.